The van der Waals surface area contributed by atoms with Gasteiger partial charge in [-0.05, 0) is 24.8 Å². The lowest BCUT2D eigenvalue weighted by Gasteiger charge is -2.12. The number of nitrogens with zero attached hydrogens (tertiary/aromatic N) is 2. The molecule has 0 amide bonds. The molecule has 0 fully saturated rings. The molecule has 0 aromatic carbocycles. The lowest BCUT2D eigenvalue weighted by molar-refractivity contribution is 0.0607. The van der Waals surface area contributed by atoms with E-state index < -0.39 is 0 Å². The van der Waals surface area contributed by atoms with E-state index in [2.05, 4.69) is 4.99 Å². The molecule has 1 unspecified atom stereocenters. The fourth-order valence-corrected chi connectivity index (χ4v) is 2.73. The molecule has 1 aromatic heterocycles. The molecule has 6 heteroatoms. The molecule has 1 heterocycles. The lowest BCUT2D eigenvalue weighted by Crippen LogP contribution is -2.14. The largest absolute Gasteiger partial charge is 0.465 e. The third kappa shape index (κ3) is 5.47. The zero-order valence-corrected chi connectivity index (χ0v) is 14.1. The molecular weight excluding hydrogens is 288 g/mol. The average Bonchev–Trinajstić information content (AvgIpc) is 2.84. The van der Waals surface area contributed by atoms with E-state index in [0.29, 0.717) is 17.0 Å². The van der Waals surface area contributed by atoms with E-state index in [1.165, 1.54) is 18.4 Å². The summed E-state index contributed by atoms with van der Waals surface area (Å²) in [5, 5.41) is 9.87. The highest BCUT2D eigenvalue weighted by Crippen LogP contribution is 2.31. The summed E-state index contributed by atoms with van der Waals surface area (Å²) in [4.78, 5) is 19.4. The number of aliphatic imine (C=N–C) groups is 1. The number of hydrogen-bond donors (Lipinski definition) is 1. The van der Waals surface area contributed by atoms with Gasteiger partial charge in [0, 0.05) is 19.0 Å². The highest BCUT2D eigenvalue weighted by atomic mass is 32.1. The quantitative estimate of drug-likeness (QED) is 0.478. The van der Waals surface area contributed by atoms with Crippen LogP contribution in [0.15, 0.2) is 11.1 Å². The Kier molecular flexibility index (Phi) is 6.84. The van der Waals surface area contributed by atoms with Crippen LogP contribution in [0.2, 0.25) is 0 Å². The third-order valence-electron chi connectivity index (χ3n) is 3.02. The van der Waals surface area contributed by atoms with Crippen molar-refractivity contribution in [3.05, 3.63) is 15.8 Å². The molecule has 21 heavy (non-hydrogen) atoms. The fourth-order valence-electron chi connectivity index (χ4n) is 1.69. The number of hydrogen-bond acceptors (Lipinski definition) is 5. The highest BCUT2D eigenvalue weighted by Gasteiger charge is 2.17. The molecule has 5 nitrogen and oxygen atoms in total. The lowest BCUT2D eigenvalue weighted by atomic mass is 10.0. The zero-order valence-electron chi connectivity index (χ0n) is 13.3. The Labute approximate surface area is 130 Å². The minimum absolute atomic E-state index is 0.233. The topological polar surface area (TPSA) is 62.1 Å². The van der Waals surface area contributed by atoms with Gasteiger partial charge in [0.2, 0.25) is 0 Å². The summed E-state index contributed by atoms with van der Waals surface area (Å²) in [6.45, 7) is 3.98. The van der Waals surface area contributed by atoms with Crippen LogP contribution in [0.4, 0.5) is 5.69 Å². The van der Waals surface area contributed by atoms with Gasteiger partial charge in [0.05, 0.1) is 25.2 Å². The molecule has 0 spiro atoms. The van der Waals surface area contributed by atoms with Crippen LogP contribution in [0.3, 0.4) is 0 Å². The molecule has 1 aromatic rings. The minimum atomic E-state index is -0.374. The molecule has 1 rings (SSSR count). The standard InChI is InChI=1S/C15H24N2O3S/c1-10(2)13(18)7-6-11-8-12(16-9-17(3)4)14(21-11)15(19)20-5/h8-10,13,18H,6-7H2,1-5H3/b16-9+. The van der Waals surface area contributed by atoms with E-state index in [1.54, 1.807) is 11.2 Å². The van der Waals surface area contributed by atoms with Gasteiger partial charge >= 0.3 is 5.97 Å². The number of rotatable bonds is 7. The smallest absolute Gasteiger partial charge is 0.350 e. The van der Waals surface area contributed by atoms with E-state index in [9.17, 15) is 9.90 Å². The van der Waals surface area contributed by atoms with Crippen LogP contribution in [0.1, 0.15) is 34.8 Å². The molecule has 0 aliphatic rings. The molecule has 0 saturated carbocycles. The molecule has 118 valence electrons. The maximum atomic E-state index is 11.8. The summed E-state index contributed by atoms with van der Waals surface area (Å²) in [6, 6.07) is 1.89. The Balaban J connectivity index is 2.89. The maximum Gasteiger partial charge on any atom is 0.350 e. The van der Waals surface area contributed by atoms with E-state index in [1.807, 2.05) is 34.0 Å². The van der Waals surface area contributed by atoms with Gasteiger partial charge in [-0.1, -0.05) is 13.8 Å². The summed E-state index contributed by atoms with van der Waals surface area (Å²) < 4.78 is 4.80. The predicted molar refractivity (Wildman–Crippen MR) is 86.7 cm³/mol. The predicted octanol–water partition coefficient (Wildman–Crippen LogP) is 2.71. The van der Waals surface area contributed by atoms with Crippen molar-refractivity contribution in [2.45, 2.75) is 32.8 Å². The van der Waals surface area contributed by atoms with E-state index >= 15 is 0 Å². The number of esters is 1. The van der Waals surface area contributed by atoms with Gasteiger partial charge in [-0.2, -0.15) is 0 Å². The Morgan fingerprint density at radius 1 is 1.52 bits per heavy atom. The van der Waals surface area contributed by atoms with Crippen LogP contribution in [0.25, 0.3) is 0 Å². The van der Waals surface area contributed by atoms with Crippen molar-refractivity contribution in [3.63, 3.8) is 0 Å². The highest BCUT2D eigenvalue weighted by molar-refractivity contribution is 7.14. The fraction of sp³-hybridized carbons (Fsp3) is 0.600. The van der Waals surface area contributed by atoms with Gasteiger partial charge in [0.15, 0.2) is 0 Å². The number of ether oxygens (including phenoxy) is 1. The third-order valence-corrected chi connectivity index (χ3v) is 4.18. The Bertz CT molecular complexity index is 495. The SMILES string of the molecule is COC(=O)c1sc(CCC(O)C(C)C)cc1/N=C/N(C)C. The first kappa shape index (κ1) is 17.7. The van der Waals surface area contributed by atoms with Gasteiger partial charge in [-0.15, -0.1) is 11.3 Å². The number of carbonyl (C=O) groups is 1. The monoisotopic (exact) mass is 312 g/mol. The second-order valence-electron chi connectivity index (χ2n) is 5.48. The van der Waals surface area contributed by atoms with Gasteiger partial charge in [-0.25, -0.2) is 9.79 Å². The van der Waals surface area contributed by atoms with Crippen LogP contribution in [-0.4, -0.2) is 49.6 Å². The second-order valence-corrected chi connectivity index (χ2v) is 6.61. The number of aryl methyl sites for hydroxylation is 1. The van der Waals surface area contributed by atoms with Crippen LogP contribution in [0.5, 0.6) is 0 Å². The van der Waals surface area contributed by atoms with E-state index in [4.69, 9.17) is 4.74 Å². The average molecular weight is 312 g/mol. The number of aliphatic hydroxyl groups excluding tert-OH is 1. The molecule has 0 radical (unpaired) electrons. The summed E-state index contributed by atoms with van der Waals surface area (Å²) in [5.41, 5.74) is 0.620. The van der Waals surface area contributed by atoms with Crippen LogP contribution < -0.4 is 0 Å². The molecule has 1 atom stereocenters. The maximum absolute atomic E-state index is 11.8. The zero-order chi connectivity index (χ0) is 16.0. The molecule has 0 bridgehead atoms. The minimum Gasteiger partial charge on any atom is -0.465 e. The summed E-state index contributed by atoms with van der Waals surface area (Å²) in [5.74, 6) is -0.141. The van der Waals surface area contributed by atoms with Crippen LogP contribution in [0, 0.1) is 5.92 Å². The van der Waals surface area contributed by atoms with Gasteiger partial charge in [-0.3, -0.25) is 0 Å². The van der Waals surface area contributed by atoms with Crippen LogP contribution >= 0.6 is 11.3 Å². The molecule has 0 aliphatic heterocycles. The van der Waals surface area contributed by atoms with Crippen molar-refractivity contribution in [2.24, 2.45) is 10.9 Å². The molecule has 0 aliphatic carbocycles. The first-order chi connectivity index (χ1) is 9.85. The van der Waals surface area contributed by atoms with E-state index in [-0.39, 0.29) is 18.0 Å². The van der Waals surface area contributed by atoms with Crippen molar-refractivity contribution in [3.8, 4) is 0 Å². The van der Waals surface area contributed by atoms with Gasteiger partial charge < -0.3 is 14.7 Å². The van der Waals surface area contributed by atoms with Gasteiger partial charge in [0.1, 0.15) is 4.88 Å². The van der Waals surface area contributed by atoms with Crippen molar-refractivity contribution in [1.29, 1.82) is 0 Å². The summed E-state index contributed by atoms with van der Waals surface area (Å²) in [7, 11) is 5.10. The Morgan fingerprint density at radius 3 is 2.71 bits per heavy atom. The molecular formula is C15H24N2O3S. The summed E-state index contributed by atoms with van der Waals surface area (Å²) in [6.07, 6.45) is 2.73. The second kappa shape index (κ2) is 8.14. The Morgan fingerprint density at radius 2 is 2.19 bits per heavy atom. The van der Waals surface area contributed by atoms with Crippen LogP contribution in [-0.2, 0) is 11.2 Å². The first-order valence-corrected chi connectivity index (χ1v) is 7.76. The van der Waals surface area contributed by atoms with E-state index in [0.717, 1.165) is 11.3 Å². The normalized spacial score (nSPS) is 12.9. The number of thiophene rings is 1. The number of carbonyl (C=O) groups excluding carboxylic acids is 1. The number of aliphatic hydroxyl groups is 1. The van der Waals surface area contributed by atoms with Crippen molar-refractivity contribution in [2.75, 3.05) is 21.2 Å². The van der Waals surface area contributed by atoms with Gasteiger partial charge in [0.25, 0.3) is 0 Å². The summed E-state index contributed by atoms with van der Waals surface area (Å²) >= 11 is 1.38. The van der Waals surface area contributed by atoms with Crippen molar-refractivity contribution < 1.29 is 14.6 Å². The van der Waals surface area contributed by atoms with Crippen molar-refractivity contribution >= 4 is 29.3 Å². The molecule has 0 saturated heterocycles. The molecule has 1 N–H and O–H groups in total. The Hall–Kier alpha value is -1.40. The van der Waals surface area contributed by atoms with Crippen molar-refractivity contribution in [1.82, 2.24) is 4.90 Å². The number of methoxy groups -OCH3 is 1. The first-order valence-electron chi connectivity index (χ1n) is 6.94.